The summed E-state index contributed by atoms with van der Waals surface area (Å²) in [5, 5.41) is 5.55. The number of anilines is 2. The van der Waals surface area contributed by atoms with E-state index in [0.29, 0.717) is 17.1 Å². The average Bonchev–Trinajstić information content (AvgIpc) is 2.58. The van der Waals surface area contributed by atoms with E-state index in [-0.39, 0.29) is 11.8 Å². The van der Waals surface area contributed by atoms with Crippen LogP contribution in [0.4, 0.5) is 11.4 Å². The van der Waals surface area contributed by atoms with Gasteiger partial charge in [0.2, 0.25) is 0 Å². The van der Waals surface area contributed by atoms with Gasteiger partial charge < -0.3 is 20.1 Å². The lowest BCUT2D eigenvalue weighted by Crippen LogP contribution is -2.34. The Bertz CT molecular complexity index is 761. The minimum Gasteiger partial charge on any atom is -0.479 e. The van der Waals surface area contributed by atoms with Crippen molar-refractivity contribution in [1.29, 1.82) is 0 Å². The number of carbonyl (C=O) groups is 2. The number of fused-ring (bicyclic) bond motifs is 1. The second-order valence-corrected chi connectivity index (χ2v) is 5.48. The molecule has 3 rings (SSSR count). The highest BCUT2D eigenvalue weighted by Crippen LogP contribution is 2.32. The van der Waals surface area contributed by atoms with Crippen LogP contribution >= 0.6 is 0 Å². The fourth-order valence-corrected chi connectivity index (χ4v) is 2.52. The Morgan fingerprint density at radius 1 is 1.25 bits per heavy atom. The first kappa shape index (κ1) is 16.0. The maximum Gasteiger partial charge on any atom is 0.265 e. The SMILES string of the molecule is CO[C@@H](C(=O)Nc1ccc2c(c1)NC(=O)[C@@H](C)O2)c1ccccc1. The number of methoxy groups -OCH3 is 1. The Labute approximate surface area is 139 Å². The quantitative estimate of drug-likeness (QED) is 0.906. The van der Waals surface area contributed by atoms with E-state index in [4.69, 9.17) is 9.47 Å². The number of ether oxygens (including phenoxy) is 2. The van der Waals surface area contributed by atoms with Gasteiger partial charge in [0.25, 0.3) is 11.8 Å². The van der Waals surface area contributed by atoms with Crippen molar-refractivity contribution in [1.82, 2.24) is 0 Å². The van der Waals surface area contributed by atoms with Crippen LogP contribution in [-0.2, 0) is 14.3 Å². The molecule has 2 aromatic rings. The topological polar surface area (TPSA) is 76.7 Å². The Kier molecular flexibility index (Phi) is 4.48. The van der Waals surface area contributed by atoms with Gasteiger partial charge in [0.15, 0.2) is 12.2 Å². The molecule has 0 bridgehead atoms. The van der Waals surface area contributed by atoms with E-state index in [0.717, 1.165) is 5.56 Å². The van der Waals surface area contributed by atoms with Crippen molar-refractivity contribution in [2.75, 3.05) is 17.7 Å². The van der Waals surface area contributed by atoms with E-state index < -0.39 is 12.2 Å². The predicted octanol–water partition coefficient (Wildman–Crippen LogP) is 2.73. The van der Waals surface area contributed by atoms with Crippen molar-refractivity contribution < 1.29 is 19.1 Å². The number of carbonyl (C=O) groups excluding carboxylic acids is 2. The lowest BCUT2D eigenvalue weighted by Gasteiger charge is -2.24. The summed E-state index contributed by atoms with van der Waals surface area (Å²) in [5.74, 6) is 0.0663. The Hall–Kier alpha value is -2.86. The molecule has 0 unspecified atom stereocenters. The Morgan fingerprint density at radius 3 is 2.71 bits per heavy atom. The minimum absolute atomic E-state index is 0.218. The lowest BCUT2D eigenvalue weighted by molar-refractivity contribution is -0.126. The third-order valence-corrected chi connectivity index (χ3v) is 3.75. The van der Waals surface area contributed by atoms with Crippen LogP contribution in [-0.4, -0.2) is 25.0 Å². The van der Waals surface area contributed by atoms with Crippen molar-refractivity contribution >= 4 is 23.2 Å². The molecule has 0 saturated heterocycles. The van der Waals surface area contributed by atoms with Crippen molar-refractivity contribution in [3.05, 3.63) is 54.1 Å². The first-order chi connectivity index (χ1) is 11.6. The second-order valence-electron chi connectivity index (χ2n) is 5.48. The van der Waals surface area contributed by atoms with Crippen LogP contribution in [0.5, 0.6) is 5.75 Å². The molecule has 2 atom stereocenters. The normalized spacial score (nSPS) is 17.2. The van der Waals surface area contributed by atoms with Crippen LogP contribution in [0.2, 0.25) is 0 Å². The monoisotopic (exact) mass is 326 g/mol. The molecule has 2 aromatic carbocycles. The number of benzene rings is 2. The molecule has 2 amide bonds. The third-order valence-electron chi connectivity index (χ3n) is 3.75. The third kappa shape index (κ3) is 3.23. The first-order valence-electron chi connectivity index (χ1n) is 7.58. The van der Waals surface area contributed by atoms with Gasteiger partial charge in [0.1, 0.15) is 5.75 Å². The van der Waals surface area contributed by atoms with Crippen LogP contribution < -0.4 is 15.4 Å². The summed E-state index contributed by atoms with van der Waals surface area (Å²) in [6.45, 7) is 1.68. The van der Waals surface area contributed by atoms with Crippen LogP contribution in [0, 0.1) is 0 Å². The largest absolute Gasteiger partial charge is 0.479 e. The summed E-state index contributed by atoms with van der Waals surface area (Å²) in [5.41, 5.74) is 1.85. The average molecular weight is 326 g/mol. The molecule has 1 aliphatic rings. The minimum atomic E-state index is -0.715. The number of rotatable bonds is 4. The van der Waals surface area contributed by atoms with Crippen molar-refractivity contribution in [2.45, 2.75) is 19.1 Å². The number of nitrogens with one attached hydrogen (secondary N) is 2. The lowest BCUT2D eigenvalue weighted by atomic mass is 10.1. The molecule has 0 spiro atoms. The summed E-state index contributed by atoms with van der Waals surface area (Å²) in [7, 11) is 1.49. The first-order valence-corrected chi connectivity index (χ1v) is 7.58. The molecule has 124 valence electrons. The van der Waals surface area contributed by atoms with E-state index in [1.165, 1.54) is 7.11 Å². The van der Waals surface area contributed by atoms with Crippen LogP contribution in [0.15, 0.2) is 48.5 Å². The zero-order chi connectivity index (χ0) is 17.1. The standard InChI is InChI=1S/C18H18N2O4/c1-11-17(21)20-14-10-13(8-9-15(14)24-11)19-18(22)16(23-2)12-6-4-3-5-7-12/h3-11,16H,1-2H3,(H,19,22)(H,20,21)/t11-,16-/m1/s1. The van der Waals surface area contributed by atoms with Gasteiger partial charge in [-0.1, -0.05) is 30.3 Å². The second kappa shape index (κ2) is 6.72. The zero-order valence-electron chi connectivity index (χ0n) is 13.4. The molecule has 1 aliphatic heterocycles. The molecule has 0 aliphatic carbocycles. The van der Waals surface area contributed by atoms with Crippen LogP contribution in [0.3, 0.4) is 0 Å². The molecule has 1 heterocycles. The van der Waals surface area contributed by atoms with Gasteiger partial charge >= 0.3 is 0 Å². The summed E-state index contributed by atoms with van der Waals surface area (Å²) in [6, 6.07) is 14.3. The van der Waals surface area contributed by atoms with E-state index in [1.807, 2.05) is 30.3 Å². The highest BCUT2D eigenvalue weighted by Gasteiger charge is 2.24. The highest BCUT2D eigenvalue weighted by atomic mass is 16.5. The smallest absolute Gasteiger partial charge is 0.265 e. The molecule has 24 heavy (non-hydrogen) atoms. The zero-order valence-corrected chi connectivity index (χ0v) is 13.4. The maximum atomic E-state index is 12.5. The Balaban J connectivity index is 1.77. The van der Waals surface area contributed by atoms with Crippen molar-refractivity contribution in [2.24, 2.45) is 0 Å². The maximum absolute atomic E-state index is 12.5. The van der Waals surface area contributed by atoms with Gasteiger partial charge in [-0.2, -0.15) is 0 Å². The molecule has 0 radical (unpaired) electrons. The number of hydrogen-bond donors (Lipinski definition) is 2. The van der Waals surface area contributed by atoms with Crippen LogP contribution in [0.25, 0.3) is 0 Å². The van der Waals surface area contributed by atoms with E-state index >= 15 is 0 Å². The van der Waals surface area contributed by atoms with Gasteiger partial charge in [0.05, 0.1) is 5.69 Å². The van der Waals surface area contributed by atoms with Crippen LogP contribution in [0.1, 0.15) is 18.6 Å². The molecular weight excluding hydrogens is 308 g/mol. The van der Waals surface area contributed by atoms with Gasteiger partial charge in [-0.3, -0.25) is 9.59 Å². The fourth-order valence-electron chi connectivity index (χ4n) is 2.52. The number of amides is 2. The fraction of sp³-hybridized carbons (Fsp3) is 0.222. The Morgan fingerprint density at radius 2 is 2.00 bits per heavy atom. The molecule has 6 nitrogen and oxygen atoms in total. The van der Waals surface area contributed by atoms with Crippen molar-refractivity contribution in [3.63, 3.8) is 0 Å². The molecular formula is C18H18N2O4. The predicted molar refractivity (Wildman–Crippen MR) is 90.0 cm³/mol. The molecule has 0 fully saturated rings. The molecule has 0 saturated carbocycles. The van der Waals surface area contributed by atoms with E-state index in [1.54, 1.807) is 25.1 Å². The van der Waals surface area contributed by atoms with E-state index in [9.17, 15) is 9.59 Å². The highest BCUT2D eigenvalue weighted by molar-refractivity contribution is 6.00. The molecule has 6 heteroatoms. The van der Waals surface area contributed by atoms with E-state index in [2.05, 4.69) is 10.6 Å². The summed E-state index contributed by atoms with van der Waals surface area (Å²) < 4.78 is 10.8. The summed E-state index contributed by atoms with van der Waals surface area (Å²) in [6.07, 6.45) is -1.25. The van der Waals surface area contributed by atoms with Gasteiger partial charge in [-0.25, -0.2) is 0 Å². The van der Waals surface area contributed by atoms with Crippen molar-refractivity contribution in [3.8, 4) is 5.75 Å². The molecule has 0 aromatic heterocycles. The summed E-state index contributed by atoms with van der Waals surface area (Å²) >= 11 is 0. The molecule has 2 N–H and O–H groups in total. The number of hydrogen-bond acceptors (Lipinski definition) is 4. The van der Waals surface area contributed by atoms with Gasteiger partial charge in [0, 0.05) is 12.8 Å². The summed E-state index contributed by atoms with van der Waals surface area (Å²) in [4.78, 5) is 24.2. The van der Waals surface area contributed by atoms with Gasteiger partial charge in [-0.05, 0) is 30.7 Å². The van der Waals surface area contributed by atoms with Gasteiger partial charge in [-0.15, -0.1) is 0 Å².